The largest absolute Gasteiger partial charge is 0.365 e. The third-order valence-electron chi connectivity index (χ3n) is 1.55. The first-order valence-corrected chi connectivity index (χ1v) is 4.00. The van der Waals surface area contributed by atoms with E-state index in [-0.39, 0.29) is 5.69 Å². The Morgan fingerprint density at radius 3 is 2.92 bits per heavy atom. The minimum absolute atomic E-state index is 0.0295. The lowest BCUT2D eigenvalue weighted by atomic mass is 10.3. The third kappa shape index (κ3) is 2.14. The molecule has 0 aliphatic carbocycles. The summed E-state index contributed by atoms with van der Waals surface area (Å²) in [5.41, 5.74) is 0.815. The Balaban J connectivity index is 3.10. The Morgan fingerprint density at radius 1 is 1.69 bits per heavy atom. The van der Waals surface area contributed by atoms with Gasteiger partial charge in [-0.3, -0.25) is 10.1 Å². The van der Waals surface area contributed by atoms with Gasteiger partial charge in [0, 0.05) is 18.8 Å². The van der Waals surface area contributed by atoms with Crippen LogP contribution in [0.2, 0.25) is 0 Å². The van der Waals surface area contributed by atoms with Gasteiger partial charge in [0.2, 0.25) is 5.82 Å². The Bertz CT molecular complexity index is 325. The van der Waals surface area contributed by atoms with Crippen molar-refractivity contribution in [1.82, 2.24) is 4.98 Å². The van der Waals surface area contributed by atoms with Gasteiger partial charge in [0.05, 0.1) is 4.92 Å². The first kappa shape index (κ1) is 9.44. The maximum absolute atomic E-state index is 10.6. The molecule has 0 amide bonds. The highest BCUT2D eigenvalue weighted by Crippen LogP contribution is 2.21. The number of hydrogen-bond acceptors (Lipinski definition) is 4. The van der Waals surface area contributed by atoms with Crippen molar-refractivity contribution in [2.24, 2.45) is 0 Å². The van der Waals surface area contributed by atoms with E-state index in [0.29, 0.717) is 12.4 Å². The number of pyridine rings is 1. The quantitative estimate of drug-likeness (QED) is 0.569. The van der Waals surface area contributed by atoms with E-state index in [1.807, 2.05) is 6.92 Å². The maximum Gasteiger partial charge on any atom is 0.311 e. The van der Waals surface area contributed by atoms with Crippen molar-refractivity contribution in [2.45, 2.75) is 13.8 Å². The van der Waals surface area contributed by atoms with Gasteiger partial charge in [0.15, 0.2) is 0 Å². The lowest BCUT2D eigenvalue weighted by Gasteiger charge is -2.02. The Morgan fingerprint density at radius 2 is 2.38 bits per heavy atom. The molecule has 0 aliphatic heterocycles. The fourth-order valence-corrected chi connectivity index (χ4v) is 0.997. The van der Waals surface area contributed by atoms with Gasteiger partial charge < -0.3 is 5.32 Å². The van der Waals surface area contributed by atoms with Crippen molar-refractivity contribution >= 4 is 11.5 Å². The second-order valence-corrected chi connectivity index (χ2v) is 2.67. The highest BCUT2D eigenvalue weighted by molar-refractivity contribution is 5.56. The topological polar surface area (TPSA) is 68.1 Å². The van der Waals surface area contributed by atoms with Gasteiger partial charge in [-0.2, -0.15) is 0 Å². The van der Waals surface area contributed by atoms with Gasteiger partial charge in [-0.05, 0) is 19.4 Å². The van der Waals surface area contributed by atoms with Crippen LogP contribution in [0.1, 0.15) is 12.5 Å². The minimum Gasteiger partial charge on any atom is -0.365 e. The molecule has 0 fully saturated rings. The summed E-state index contributed by atoms with van der Waals surface area (Å²) in [5.74, 6) is 0.332. The number of aromatic nitrogens is 1. The molecular formula is C8H11N3O2. The molecule has 1 heterocycles. The van der Waals surface area contributed by atoms with Gasteiger partial charge in [-0.1, -0.05) is 0 Å². The predicted molar refractivity (Wildman–Crippen MR) is 49.8 cm³/mol. The molecule has 0 aliphatic rings. The van der Waals surface area contributed by atoms with Crippen molar-refractivity contribution in [2.75, 3.05) is 11.9 Å². The molecule has 0 atom stereocenters. The van der Waals surface area contributed by atoms with Gasteiger partial charge in [-0.15, -0.1) is 0 Å². The number of hydrogen-bond donors (Lipinski definition) is 1. The lowest BCUT2D eigenvalue weighted by molar-refractivity contribution is -0.384. The molecule has 0 spiro atoms. The van der Waals surface area contributed by atoms with E-state index in [2.05, 4.69) is 10.3 Å². The molecule has 70 valence electrons. The molecule has 0 saturated heterocycles. The molecule has 0 radical (unpaired) electrons. The summed E-state index contributed by atoms with van der Waals surface area (Å²) in [5, 5.41) is 13.4. The lowest BCUT2D eigenvalue weighted by Crippen LogP contribution is -2.03. The van der Waals surface area contributed by atoms with Crippen molar-refractivity contribution in [1.29, 1.82) is 0 Å². The van der Waals surface area contributed by atoms with E-state index in [9.17, 15) is 10.1 Å². The minimum atomic E-state index is -0.433. The summed E-state index contributed by atoms with van der Waals surface area (Å²) in [6.45, 7) is 4.26. The summed E-state index contributed by atoms with van der Waals surface area (Å²) in [7, 11) is 0. The van der Waals surface area contributed by atoms with Crippen LogP contribution in [0, 0.1) is 17.0 Å². The standard InChI is InChI=1S/C8H11N3O2/c1-3-9-8-7(11(12)13)4-6(2)5-10-8/h4-5H,3H2,1-2H3,(H,9,10). The second kappa shape index (κ2) is 3.84. The van der Waals surface area contributed by atoms with Gasteiger partial charge in [0.25, 0.3) is 0 Å². The maximum atomic E-state index is 10.6. The van der Waals surface area contributed by atoms with Crippen LogP contribution >= 0.6 is 0 Å². The van der Waals surface area contributed by atoms with Crippen molar-refractivity contribution in [3.05, 3.63) is 27.9 Å². The van der Waals surface area contributed by atoms with Crippen LogP contribution in [0.5, 0.6) is 0 Å². The van der Waals surface area contributed by atoms with E-state index >= 15 is 0 Å². The summed E-state index contributed by atoms with van der Waals surface area (Å²) in [6.07, 6.45) is 1.60. The molecule has 5 heteroatoms. The van der Waals surface area contributed by atoms with Crippen molar-refractivity contribution in [3.63, 3.8) is 0 Å². The summed E-state index contributed by atoms with van der Waals surface area (Å²) in [6, 6.07) is 1.50. The average molecular weight is 181 g/mol. The molecule has 0 unspecified atom stereocenters. The molecule has 5 nitrogen and oxygen atoms in total. The zero-order valence-corrected chi connectivity index (χ0v) is 7.57. The number of nitrogens with zero attached hydrogens (tertiary/aromatic N) is 2. The number of nitrogens with one attached hydrogen (secondary N) is 1. The molecule has 1 rings (SSSR count). The number of rotatable bonds is 3. The third-order valence-corrected chi connectivity index (χ3v) is 1.55. The predicted octanol–water partition coefficient (Wildman–Crippen LogP) is 1.73. The normalized spacial score (nSPS) is 9.69. The molecular weight excluding hydrogens is 170 g/mol. The van der Waals surface area contributed by atoms with E-state index < -0.39 is 4.92 Å². The average Bonchev–Trinajstić information content (AvgIpc) is 2.08. The molecule has 13 heavy (non-hydrogen) atoms. The second-order valence-electron chi connectivity index (χ2n) is 2.67. The molecule has 0 bridgehead atoms. The van der Waals surface area contributed by atoms with E-state index in [4.69, 9.17) is 0 Å². The molecule has 1 N–H and O–H groups in total. The summed E-state index contributed by atoms with van der Waals surface area (Å²) in [4.78, 5) is 14.1. The van der Waals surface area contributed by atoms with Crippen LogP contribution in [0.25, 0.3) is 0 Å². The monoisotopic (exact) mass is 181 g/mol. The van der Waals surface area contributed by atoms with Gasteiger partial charge in [0.1, 0.15) is 0 Å². The Kier molecular flexibility index (Phi) is 2.79. The SMILES string of the molecule is CCNc1ncc(C)cc1[N+](=O)[O-]. The Hall–Kier alpha value is -1.65. The van der Waals surface area contributed by atoms with Crippen LogP contribution in [-0.4, -0.2) is 16.5 Å². The van der Waals surface area contributed by atoms with Gasteiger partial charge >= 0.3 is 5.69 Å². The number of anilines is 1. The van der Waals surface area contributed by atoms with E-state index in [0.717, 1.165) is 5.56 Å². The zero-order chi connectivity index (χ0) is 9.84. The fourth-order valence-electron chi connectivity index (χ4n) is 0.997. The number of aryl methyl sites for hydroxylation is 1. The van der Waals surface area contributed by atoms with Crippen LogP contribution in [0.15, 0.2) is 12.3 Å². The first-order valence-electron chi connectivity index (χ1n) is 4.00. The van der Waals surface area contributed by atoms with E-state index in [1.54, 1.807) is 13.1 Å². The molecule has 0 aromatic carbocycles. The molecule has 1 aromatic rings. The molecule has 0 saturated carbocycles. The van der Waals surface area contributed by atoms with Crippen molar-refractivity contribution < 1.29 is 4.92 Å². The first-order chi connectivity index (χ1) is 6.15. The Labute approximate surface area is 75.9 Å². The van der Waals surface area contributed by atoms with Crippen LogP contribution in [0.3, 0.4) is 0 Å². The smallest absolute Gasteiger partial charge is 0.311 e. The highest BCUT2D eigenvalue weighted by Gasteiger charge is 2.13. The summed E-state index contributed by atoms with van der Waals surface area (Å²) < 4.78 is 0. The van der Waals surface area contributed by atoms with Crippen LogP contribution < -0.4 is 5.32 Å². The highest BCUT2D eigenvalue weighted by atomic mass is 16.6. The van der Waals surface area contributed by atoms with E-state index in [1.165, 1.54) is 6.07 Å². The number of nitro groups is 1. The summed E-state index contributed by atoms with van der Waals surface area (Å²) >= 11 is 0. The van der Waals surface area contributed by atoms with Gasteiger partial charge in [-0.25, -0.2) is 4.98 Å². The fraction of sp³-hybridized carbons (Fsp3) is 0.375. The van der Waals surface area contributed by atoms with Crippen LogP contribution in [0.4, 0.5) is 11.5 Å². The van der Waals surface area contributed by atoms with Crippen molar-refractivity contribution in [3.8, 4) is 0 Å². The zero-order valence-electron chi connectivity index (χ0n) is 7.57. The molecule has 1 aromatic heterocycles. The van der Waals surface area contributed by atoms with Crippen LogP contribution in [-0.2, 0) is 0 Å².